The van der Waals surface area contributed by atoms with Crippen LogP contribution in [0.25, 0.3) is 11.5 Å². The Bertz CT molecular complexity index is 1090. The van der Waals surface area contributed by atoms with Gasteiger partial charge in [0.1, 0.15) is 5.82 Å². The zero-order valence-electron chi connectivity index (χ0n) is 18.3. The standard InChI is InChI=1S/C23H28N6O2/c1-23(2,3)22-25-20(31-28-22)16-8-4-5-9-17(16)21(30)29-12-6-7-15(13-29)19-24-18(26-27-19)14-10-11-14/h4-5,8-9,14-15H,6-7,10-13H2,1-3H3,(H,24,26,27)/t15-/m1/s1. The summed E-state index contributed by atoms with van der Waals surface area (Å²) in [6.45, 7) is 7.44. The molecule has 1 saturated carbocycles. The zero-order valence-corrected chi connectivity index (χ0v) is 18.3. The van der Waals surface area contributed by atoms with Crippen molar-refractivity contribution in [3.63, 3.8) is 0 Å². The average molecular weight is 421 g/mol. The van der Waals surface area contributed by atoms with E-state index in [4.69, 9.17) is 9.51 Å². The van der Waals surface area contributed by atoms with E-state index in [2.05, 4.69) is 20.3 Å². The second-order valence-electron chi connectivity index (χ2n) is 9.66. The first-order valence-electron chi connectivity index (χ1n) is 11.0. The lowest BCUT2D eigenvalue weighted by Crippen LogP contribution is -2.39. The van der Waals surface area contributed by atoms with Crippen molar-refractivity contribution in [2.75, 3.05) is 13.1 Å². The molecule has 31 heavy (non-hydrogen) atoms. The fourth-order valence-electron chi connectivity index (χ4n) is 4.05. The van der Waals surface area contributed by atoms with Gasteiger partial charge in [0.25, 0.3) is 11.8 Å². The minimum absolute atomic E-state index is 0.0197. The van der Waals surface area contributed by atoms with E-state index in [1.807, 2.05) is 49.9 Å². The SMILES string of the molecule is CC(C)(C)c1noc(-c2ccccc2C(=O)N2CCC[C@@H](c3n[nH]c(C4CC4)n3)C2)n1. The summed E-state index contributed by atoms with van der Waals surface area (Å²) in [4.78, 5) is 24.7. The van der Waals surface area contributed by atoms with Crippen molar-refractivity contribution in [2.45, 2.75) is 63.7 Å². The number of carbonyl (C=O) groups is 1. The Kier molecular flexibility index (Phi) is 4.87. The Morgan fingerprint density at radius 3 is 2.68 bits per heavy atom. The topological polar surface area (TPSA) is 101 Å². The highest BCUT2D eigenvalue weighted by Crippen LogP contribution is 2.38. The van der Waals surface area contributed by atoms with Crippen LogP contribution in [-0.4, -0.2) is 49.2 Å². The van der Waals surface area contributed by atoms with Crippen LogP contribution in [0.2, 0.25) is 0 Å². The third-order valence-corrected chi connectivity index (χ3v) is 6.04. The molecule has 1 aliphatic heterocycles. The maximum Gasteiger partial charge on any atom is 0.258 e. The van der Waals surface area contributed by atoms with Crippen LogP contribution in [0.4, 0.5) is 0 Å². The maximum absolute atomic E-state index is 13.5. The number of hydrogen-bond donors (Lipinski definition) is 1. The Labute approximate surface area is 181 Å². The van der Waals surface area contributed by atoms with Crippen molar-refractivity contribution in [3.8, 4) is 11.5 Å². The van der Waals surface area contributed by atoms with Crippen molar-refractivity contribution < 1.29 is 9.32 Å². The summed E-state index contributed by atoms with van der Waals surface area (Å²) in [5, 5.41) is 11.7. The molecule has 0 unspecified atom stereocenters. The molecule has 0 bridgehead atoms. The first kappa shape index (κ1) is 19.9. The van der Waals surface area contributed by atoms with E-state index < -0.39 is 0 Å². The van der Waals surface area contributed by atoms with Gasteiger partial charge in [-0.15, -0.1) is 0 Å². The van der Waals surface area contributed by atoms with Crippen LogP contribution in [0.15, 0.2) is 28.8 Å². The summed E-state index contributed by atoms with van der Waals surface area (Å²) in [6.07, 6.45) is 4.30. The number of nitrogens with one attached hydrogen (secondary N) is 1. The van der Waals surface area contributed by atoms with Crippen LogP contribution in [0, 0.1) is 0 Å². The molecule has 162 valence electrons. The van der Waals surface area contributed by atoms with Crippen LogP contribution >= 0.6 is 0 Å². The van der Waals surface area contributed by atoms with Crippen molar-refractivity contribution in [1.82, 2.24) is 30.2 Å². The number of likely N-dealkylation sites (tertiary alicyclic amines) is 1. The number of carbonyl (C=O) groups excluding carboxylic acids is 1. The number of benzene rings is 1. The Hall–Kier alpha value is -3.03. The monoisotopic (exact) mass is 420 g/mol. The lowest BCUT2D eigenvalue weighted by molar-refractivity contribution is 0.0705. The molecule has 3 heterocycles. The number of aromatic nitrogens is 5. The van der Waals surface area contributed by atoms with Gasteiger partial charge < -0.3 is 9.42 Å². The summed E-state index contributed by atoms with van der Waals surface area (Å²) >= 11 is 0. The highest BCUT2D eigenvalue weighted by atomic mass is 16.5. The van der Waals surface area contributed by atoms with Crippen molar-refractivity contribution in [3.05, 3.63) is 47.3 Å². The molecule has 1 aliphatic carbocycles. The molecule has 1 atom stereocenters. The number of rotatable bonds is 4. The van der Waals surface area contributed by atoms with Crippen molar-refractivity contribution in [2.24, 2.45) is 0 Å². The molecular weight excluding hydrogens is 392 g/mol. The van der Waals surface area contributed by atoms with E-state index in [1.54, 1.807) is 0 Å². The smallest absolute Gasteiger partial charge is 0.258 e. The fraction of sp³-hybridized carbons (Fsp3) is 0.522. The highest BCUT2D eigenvalue weighted by molar-refractivity contribution is 6.00. The van der Waals surface area contributed by atoms with E-state index in [-0.39, 0.29) is 17.2 Å². The van der Waals surface area contributed by atoms with Crippen LogP contribution in [0.1, 0.15) is 86.1 Å². The highest BCUT2D eigenvalue weighted by Gasteiger charge is 2.32. The van der Waals surface area contributed by atoms with Crippen molar-refractivity contribution in [1.29, 1.82) is 0 Å². The molecule has 1 aromatic carbocycles. The molecule has 1 saturated heterocycles. The van der Waals surface area contributed by atoms with E-state index in [9.17, 15) is 4.79 Å². The van der Waals surface area contributed by atoms with Crippen LogP contribution in [0.5, 0.6) is 0 Å². The Morgan fingerprint density at radius 1 is 1.13 bits per heavy atom. The number of H-pyrrole nitrogens is 1. The third-order valence-electron chi connectivity index (χ3n) is 6.04. The molecule has 2 fully saturated rings. The largest absolute Gasteiger partial charge is 0.338 e. The molecule has 0 spiro atoms. The van der Waals surface area contributed by atoms with Crippen LogP contribution < -0.4 is 0 Å². The lowest BCUT2D eigenvalue weighted by atomic mass is 9.95. The summed E-state index contributed by atoms with van der Waals surface area (Å²) in [5.41, 5.74) is 1.03. The van der Waals surface area contributed by atoms with Crippen molar-refractivity contribution >= 4 is 5.91 Å². The van der Waals surface area contributed by atoms with Gasteiger partial charge in [0.15, 0.2) is 11.6 Å². The molecular formula is C23H28N6O2. The molecule has 1 amide bonds. The van der Waals surface area contributed by atoms with E-state index in [0.29, 0.717) is 35.3 Å². The minimum Gasteiger partial charge on any atom is -0.338 e. The molecule has 5 rings (SSSR count). The third kappa shape index (κ3) is 3.98. The second-order valence-corrected chi connectivity index (χ2v) is 9.66. The summed E-state index contributed by atoms with van der Waals surface area (Å²) in [6, 6.07) is 7.46. The van der Waals surface area contributed by atoms with Gasteiger partial charge in [-0.3, -0.25) is 9.89 Å². The van der Waals surface area contributed by atoms with Gasteiger partial charge in [-0.25, -0.2) is 4.98 Å². The minimum atomic E-state index is -0.226. The number of aromatic amines is 1. The predicted molar refractivity (Wildman–Crippen MR) is 115 cm³/mol. The Balaban J connectivity index is 1.38. The number of amides is 1. The molecule has 2 aliphatic rings. The van der Waals surface area contributed by atoms with Crippen LogP contribution in [0.3, 0.4) is 0 Å². The van der Waals surface area contributed by atoms with Gasteiger partial charge in [-0.05, 0) is 37.8 Å². The van der Waals surface area contributed by atoms with E-state index >= 15 is 0 Å². The Morgan fingerprint density at radius 2 is 1.94 bits per heavy atom. The summed E-state index contributed by atoms with van der Waals surface area (Å²) in [5.74, 6) is 3.51. The van der Waals surface area contributed by atoms with Gasteiger partial charge in [-0.1, -0.05) is 38.1 Å². The second kappa shape index (κ2) is 7.59. The predicted octanol–water partition coefficient (Wildman–Crippen LogP) is 4.05. The van der Waals surface area contributed by atoms with E-state index in [0.717, 1.165) is 31.0 Å². The zero-order chi connectivity index (χ0) is 21.6. The van der Waals surface area contributed by atoms with Gasteiger partial charge in [0.2, 0.25) is 0 Å². The number of piperidine rings is 1. The molecule has 1 N–H and O–H groups in total. The number of hydrogen-bond acceptors (Lipinski definition) is 6. The van der Waals surface area contributed by atoms with E-state index in [1.165, 1.54) is 12.8 Å². The summed E-state index contributed by atoms with van der Waals surface area (Å²) < 4.78 is 5.52. The van der Waals surface area contributed by atoms with Gasteiger partial charge in [-0.2, -0.15) is 10.1 Å². The van der Waals surface area contributed by atoms with Gasteiger partial charge in [0, 0.05) is 30.3 Å². The van der Waals surface area contributed by atoms with Gasteiger partial charge >= 0.3 is 0 Å². The normalized spacial score (nSPS) is 19.6. The number of nitrogens with zero attached hydrogens (tertiary/aromatic N) is 5. The van der Waals surface area contributed by atoms with Crippen LogP contribution in [-0.2, 0) is 5.41 Å². The van der Waals surface area contributed by atoms with Gasteiger partial charge in [0.05, 0.1) is 11.1 Å². The summed E-state index contributed by atoms with van der Waals surface area (Å²) in [7, 11) is 0. The molecule has 8 heteroatoms. The molecule has 0 radical (unpaired) electrons. The molecule has 2 aromatic heterocycles. The quantitative estimate of drug-likeness (QED) is 0.683. The average Bonchev–Trinajstić information content (AvgIpc) is 3.28. The molecule has 8 nitrogen and oxygen atoms in total. The molecule has 3 aromatic rings. The fourth-order valence-corrected chi connectivity index (χ4v) is 4.05. The lowest BCUT2D eigenvalue weighted by Gasteiger charge is -2.31. The maximum atomic E-state index is 13.5. The first-order chi connectivity index (χ1) is 14.9. The first-order valence-corrected chi connectivity index (χ1v) is 11.0.